The summed E-state index contributed by atoms with van der Waals surface area (Å²) in [6, 6.07) is 10.5. The minimum atomic E-state index is -0.00171. The first-order valence-corrected chi connectivity index (χ1v) is 9.00. The van der Waals surface area contributed by atoms with E-state index in [1.54, 1.807) is 0 Å². The van der Waals surface area contributed by atoms with Crippen molar-refractivity contribution in [1.82, 2.24) is 10.2 Å². The normalized spacial score (nSPS) is 26.9. The van der Waals surface area contributed by atoms with Crippen LogP contribution in [0.15, 0.2) is 30.3 Å². The third-order valence-corrected chi connectivity index (χ3v) is 5.57. The van der Waals surface area contributed by atoms with Crippen molar-refractivity contribution in [3.8, 4) is 0 Å². The number of piperidine rings is 1. The van der Waals surface area contributed by atoms with E-state index >= 15 is 0 Å². The van der Waals surface area contributed by atoms with Gasteiger partial charge in [-0.25, -0.2) is 0 Å². The maximum Gasteiger partial charge on any atom is 0.254 e. The van der Waals surface area contributed by atoms with E-state index in [2.05, 4.69) is 10.2 Å². The zero-order chi connectivity index (χ0) is 15.7. The second-order valence-electron chi connectivity index (χ2n) is 7.24. The summed E-state index contributed by atoms with van der Waals surface area (Å²) >= 11 is 0. The highest BCUT2D eigenvalue weighted by atomic mass is 16.5. The topological polar surface area (TPSA) is 41.6 Å². The van der Waals surface area contributed by atoms with Crippen LogP contribution in [-0.4, -0.2) is 48.2 Å². The van der Waals surface area contributed by atoms with Crippen LogP contribution in [0.1, 0.15) is 48.9 Å². The van der Waals surface area contributed by atoms with E-state index in [-0.39, 0.29) is 11.5 Å². The van der Waals surface area contributed by atoms with E-state index in [1.807, 2.05) is 30.3 Å². The lowest BCUT2D eigenvalue weighted by Gasteiger charge is -2.46. The minimum absolute atomic E-state index is 0.00171. The number of rotatable bonds is 3. The molecule has 1 spiro atoms. The highest BCUT2D eigenvalue weighted by Gasteiger charge is 2.45. The van der Waals surface area contributed by atoms with Gasteiger partial charge in [0, 0.05) is 24.3 Å². The van der Waals surface area contributed by atoms with Crippen molar-refractivity contribution in [1.29, 1.82) is 0 Å². The zero-order valence-electron chi connectivity index (χ0n) is 13.7. The summed E-state index contributed by atoms with van der Waals surface area (Å²) in [6.07, 6.45) is 6.44. The van der Waals surface area contributed by atoms with E-state index in [1.165, 1.54) is 0 Å². The van der Waals surface area contributed by atoms with Gasteiger partial charge in [0.15, 0.2) is 0 Å². The Kier molecular flexibility index (Phi) is 4.12. The molecule has 2 saturated heterocycles. The molecule has 1 saturated carbocycles. The van der Waals surface area contributed by atoms with Gasteiger partial charge >= 0.3 is 0 Å². The first-order chi connectivity index (χ1) is 11.3. The lowest BCUT2D eigenvalue weighted by molar-refractivity contribution is -0.117. The van der Waals surface area contributed by atoms with Crippen molar-refractivity contribution in [2.75, 3.05) is 19.7 Å². The first kappa shape index (κ1) is 15.2. The Hall–Kier alpha value is -1.39. The number of hydrogen-bond acceptors (Lipinski definition) is 3. The Labute approximate surface area is 138 Å². The monoisotopic (exact) mass is 314 g/mol. The van der Waals surface area contributed by atoms with Crippen LogP contribution in [0.3, 0.4) is 0 Å². The van der Waals surface area contributed by atoms with Gasteiger partial charge in [-0.05, 0) is 63.7 Å². The lowest BCUT2D eigenvalue weighted by Crippen LogP contribution is -2.54. The molecular weight excluding hydrogens is 288 g/mol. The van der Waals surface area contributed by atoms with Crippen molar-refractivity contribution in [2.45, 2.75) is 56.2 Å². The van der Waals surface area contributed by atoms with Crippen molar-refractivity contribution in [2.24, 2.45) is 0 Å². The average Bonchev–Trinajstić information content (AvgIpc) is 3.41. The highest BCUT2D eigenvalue weighted by molar-refractivity contribution is 5.94. The van der Waals surface area contributed by atoms with Crippen molar-refractivity contribution >= 4 is 5.91 Å². The molecule has 23 heavy (non-hydrogen) atoms. The Bertz CT molecular complexity index is 544. The number of hydrogen-bond donors (Lipinski definition) is 1. The third kappa shape index (κ3) is 3.15. The SMILES string of the molecule is O=C(c1ccccc1)N(C1CC1)[C@H]1CCOC2(CCNCC2)C1. The Balaban J connectivity index is 1.54. The fourth-order valence-corrected chi connectivity index (χ4v) is 4.18. The summed E-state index contributed by atoms with van der Waals surface area (Å²) in [7, 11) is 0. The second kappa shape index (κ2) is 6.25. The predicted molar refractivity (Wildman–Crippen MR) is 89.4 cm³/mol. The molecule has 4 heteroatoms. The maximum absolute atomic E-state index is 13.1. The fourth-order valence-electron chi connectivity index (χ4n) is 4.18. The van der Waals surface area contributed by atoms with Crippen molar-refractivity contribution < 1.29 is 9.53 Å². The molecule has 0 bridgehead atoms. The number of carbonyl (C=O) groups excluding carboxylic acids is 1. The molecule has 1 amide bonds. The molecule has 4 rings (SSSR count). The standard InChI is InChI=1S/C19H26N2O2/c22-18(15-4-2-1-3-5-15)21(16-6-7-16)17-8-13-23-19(14-17)9-11-20-12-10-19/h1-5,16-17,20H,6-14H2/t17-/m0/s1. The van der Waals surface area contributed by atoms with Crippen LogP contribution in [0.4, 0.5) is 0 Å². The number of ether oxygens (including phenoxy) is 1. The molecule has 0 radical (unpaired) electrons. The highest BCUT2D eigenvalue weighted by Crippen LogP contribution is 2.39. The van der Waals surface area contributed by atoms with E-state index in [0.29, 0.717) is 12.1 Å². The van der Waals surface area contributed by atoms with Crippen LogP contribution in [0.25, 0.3) is 0 Å². The van der Waals surface area contributed by atoms with Crippen LogP contribution in [-0.2, 0) is 4.74 Å². The quantitative estimate of drug-likeness (QED) is 0.932. The summed E-state index contributed by atoms with van der Waals surface area (Å²) in [6.45, 7) is 2.85. The van der Waals surface area contributed by atoms with Crippen LogP contribution in [0.5, 0.6) is 0 Å². The van der Waals surface area contributed by atoms with Crippen LogP contribution >= 0.6 is 0 Å². The molecule has 0 aromatic heterocycles. The predicted octanol–water partition coefficient (Wildman–Crippen LogP) is 2.59. The van der Waals surface area contributed by atoms with Crippen molar-refractivity contribution in [3.63, 3.8) is 0 Å². The third-order valence-electron chi connectivity index (χ3n) is 5.57. The van der Waals surface area contributed by atoms with Crippen LogP contribution < -0.4 is 5.32 Å². The molecule has 3 fully saturated rings. The number of amides is 1. The smallest absolute Gasteiger partial charge is 0.254 e. The molecule has 124 valence electrons. The molecule has 1 N–H and O–H groups in total. The second-order valence-corrected chi connectivity index (χ2v) is 7.24. The minimum Gasteiger partial charge on any atom is -0.375 e. The maximum atomic E-state index is 13.1. The Morgan fingerprint density at radius 1 is 1.09 bits per heavy atom. The number of nitrogens with one attached hydrogen (secondary N) is 1. The largest absolute Gasteiger partial charge is 0.375 e. The first-order valence-electron chi connectivity index (χ1n) is 9.00. The fraction of sp³-hybridized carbons (Fsp3) is 0.632. The summed E-state index contributed by atoms with van der Waals surface area (Å²) in [5, 5.41) is 3.42. The molecule has 1 atom stereocenters. The van der Waals surface area contributed by atoms with Crippen LogP contribution in [0, 0.1) is 0 Å². The van der Waals surface area contributed by atoms with E-state index in [4.69, 9.17) is 4.74 Å². The molecule has 1 aliphatic carbocycles. The molecule has 4 nitrogen and oxygen atoms in total. The van der Waals surface area contributed by atoms with Gasteiger partial charge < -0.3 is 15.0 Å². The molecule has 0 unspecified atom stereocenters. The molecule has 2 heterocycles. The van der Waals surface area contributed by atoms with Gasteiger partial charge in [0.1, 0.15) is 0 Å². The van der Waals surface area contributed by atoms with Gasteiger partial charge in [-0.15, -0.1) is 0 Å². The summed E-state index contributed by atoms with van der Waals surface area (Å²) < 4.78 is 6.19. The summed E-state index contributed by atoms with van der Waals surface area (Å²) in [4.78, 5) is 15.3. The zero-order valence-corrected chi connectivity index (χ0v) is 13.7. The van der Waals surface area contributed by atoms with Gasteiger partial charge in [0.05, 0.1) is 5.60 Å². The molecule has 2 aliphatic heterocycles. The number of nitrogens with zero attached hydrogens (tertiary/aromatic N) is 1. The van der Waals surface area contributed by atoms with Gasteiger partial charge in [-0.3, -0.25) is 4.79 Å². The number of carbonyl (C=O) groups is 1. The average molecular weight is 314 g/mol. The molecule has 1 aromatic carbocycles. The Morgan fingerprint density at radius 3 is 2.52 bits per heavy atom. The van der Waals surface area contributed by atoms with Gasteiger partial charge in [0.2, 0.25) is 0 Å². The van der Waals surface area contributed by atoms with E-state index in [9.17, 15) is 4.79 Å². The van der Waals surface area contributed by atoms with Gasteiger partial charge in [-0.1, -0.05) is 18.2 Å². The molecule has 3 aliphatic rings. The lowest BCUT2D eigenvalue weighted by atomic mass is 9.82. The van der Waals surface area contributed by atoms with E-state index in [0.717, 1.165) is 63.8 Å². The molecule has 1 aromatic rings. The summed E-state index contributed by atoms with van der Waals surface area (Å²) in [5.74, 6) is 0.212. The Morgan fingerprint density at radius 2 is 1.83 bits per heavy atom. The van der Waals surface area contributed by atoms with E-state index < -0.39 is 0 Å². The van der Waals surface area contributed by atoms with Crippen LogP contribution in [0.2, 0.25) is 0 Å². The summed E-state index contributed by atoms with van der Waals surface area (Å²) in [5.41, 5.74) is 0.823. The molecular formula is C19H26N2O2. The van der Waals surface area contributed by atoms with Crippen molar-refractivity contribution in [3.05, 3.63) is 35.9 Å². The number of benzene rings is 1. The van der Waals surface area contributed by atoms with Gasteiger partial charge in [-0.2, -0.15) is 0 Å². The van der Waals surface area contributed by atoms with Gasteiger partial charge in [0.25, 0.3) is 5.91 Å².